The second kappa shape index (κ2) is 7.95. The highest BCUT2D eigenvalue weighted by atomic mass is 19.1. The smallest absolute Gasteiger partial charge is 0.322 e. The number of anilines is 2. The summed E-state index contributed by atoms with van der Waals surface area (Å²) in [5.41, 5.74) is 2.84. The zero-order valence-electron chi connectivity index (χ0n) is 16.6. The fraction of sp³-hybridized carbons (Fsp3) is 0.364. The number of ether oxygens (including phenoxy) is 1. The van der Waals surface area contributed by atoms with Crippen LogP contribution in [0.5, 0.6) is 0 Å². The highest BCUT2D eigenvalue weighted by Crippen LogP contribution is 2.32. The molecule has 2 amide bonds. The van der Waals surface area contributed by atoms with Gasteiger partial charge in [-0.1, -0.05) is 12.1 Å². The van der Waals surface area contributed by atoms with Crippen LogP contribution in [0.2, 0.25) is 0 Å². The van der Waals surface area contributed by atoms with Gasteiger partial charge >= 0.3 is 6.03 Å². The van der Waals surface area contributed by atoms with Crippen molar-refractivity contribution >= 4 is 28.4 Å². The number of carbonyl (C=O) groups is 1. The number of nitrogens with one attached hydrogen (secondary N) is 2. The van der Waals surface area contributed by atoms with Gasteiger partial charge in [0.25, 0.3) is 0 Å². The molecule has 2 fully saturated rings. The molecule has 1 aromatic heterocycles. The quantitative estimate of drug-likeness (QED) is 0.688. The highest BCUT2D eigenvalue weighted by molar-refractivity contribution is 5.90. The van der Waals surface area contributed by atoms with Gasteiger partial charge < -0.3 is 24.8 Å². The van der Waals surface area contributed by atoms with E-state index >= 15 is 0 Å². The first-order valence-corrected chi connectivity index (χ1v) is 10.3. The Kier molecular flexibility index (Phi) is 5.00. The van der Waals surface area contributed by atoms with Crippen LogP contribution in [0.3, 0.4) is 0 Å². The molecule has 3 heterocycles. The van der Waals surface area contributed by atoms with Gasteiger partial charge in [0.15, 0.2) is 0 Å². The largest absolute Gasteiger partial charge is 0.378 e. The molecule has 2 saturated heterocycles. The zero-order valence-corrected chi connectivity index (χ0v) is 16.6. The first kappa shape index (κ1) is 18.9. The van der Waals surface area contributed by atoms with E-state index in [1.807, 2.05) is 29.2 Å². The van der Waals surface area contributed by atoms with E-state index in [4.69, 9.17) is 4.74 Å². The van der Waals surface area contributed by atoms with E-state index in [-0.39, 0.29) is 17.9 Å². The number of aromatic amines is 1. The molecule has 0 radical (unpaired) electrons. The molecule has 3 aromatic rings. The topological polar surface area (TPSA) is 73.5 Å². The summed E-state index contributed by atoms with van der Waals surface area (Å²) in [6.07, 6.45) is 1.75. The Bertz CT molecular complexity index is 1030. The van der Waals surface area contributed by atoms with E-state index in [0.29, 0.717) is 44.2 Å². The van der Waals surface area contributed by atoms with Crippen LogP contribution >= 0.6 is 0 Å². The normalized spacial score (nSPS) is 19.4. The maximum atomic E-state index is 14.7. The van der Waals surface area contributed by atoms with Crippen molar-refractivity contribution < 1.29 is 13.9 Å². The number of likely N-dealkylation sites (tertiary alicyclic amines) is 1. The molecule has 2 aliphatic heterocycles. The van der Waals surface area contributed by atoms with Gasteiger partial charge in [-0.3, -0.25) is 0 Å². The van der Waals surface area contributed by atoms with E-state index in [1.54, 1.807) is 17.0 Å². The molecule has 1 atom stereocenters. The fourth-order valence-corrected chi connectivity index (χ4v) is 4.27. The minimum absolute atomic E-state index is 0.116. The van der Waals surface area contributed by atoms with Gasteiger partial charge in [-0.05, 0) is 43.2 Å². The first-order valence-electron chi connectivity index (χ1n) is 10.3. The Balaban J connectivity index is 1.31. The number of hydrogen-bond acceptors (Lipinski definition) is 4. The summed E-state index contributed by atoms with van der Waals surface area (Å²) in [5.74, 6) is 0.447. The monoisotopic (exact) mass is 409 g/mol. The number of aromatic nitrogens is 2. The SMILES string of the molecule is O=C(Nc1ccc(N2CCOCC2)c(F)c1)N1CCCC1c1nc2ccccc2[nH]1. The first-order chi connectivity index (χ1) is 14.7. The summed E-state index contributed by atoms with van der Waals surface area (Å²) in [4.78, 5) is 24.7. The van der Waals surface area contributed by atoms with E-state index in [9.17, 15) is 9.18 Å². The van der Waals surface area contributed by atoms with Gasteiger partial charge in [0.1, 0.15) is 11.6 Å². The van der Waals surface area contributed by atoms with E-state index in [2.05, 4.69) is 15.3 Å². The highest BCUT2D eigenvalue weighted by Gasteiger charge is 2.32. The molecule has 8 heteroatoms. The summed E-state index contributed by atoms with van der Waals surface area (Å²) < 4.78 is 20.0. The lowest BCUT2D eigenvalue weighted by Crippen LogP contribution is -2.37. The van der Waals surface area contributed by atoms with Crippen molar-refractivity contribution in [3.05, 3.63) is 54.1 Å². The standard InChI is InChI=1S/C22H24FN5O2/c23-16-14-15(7-8-19(16)27-10-12-30-13-11-27)24-22(29)28-9-3-6-20(28)21-25-17-4-1-2-5-18(17)26-21/h1-2,4-5,7-8,14,20H,3,6,9-13H2,(H,24,29)(H,25,26). The van der Waals surface area contributed by atoms with Crippen LogP contribution < -0.4 is 10.2 Å². The molecule has 0 aliphatic carbocycles. The summed E-state index contributed by atoms with van der Waals surface area (Å²) in [6, 6.07) is 12.3. The van der Waals surface area contributed by atoms with Crippen LogP contribution in [-0.4, -0.2) is 53.7 Å². The predicted molar refractivity (Wildman–Crippen MR) is 113 cm³/mol. The molecule has 1 unspecified atom stereocenters. The lowest BCUT2D eigenvalue weighted by atomic mass is 10.2. The van der Waals surface area contributed by atoms with Gasteiger partial charge in [-0.15, -0.1) is 0 Å². The molecule has 7 nitrogen and oxygen atoms in total. The predicted octanol–water partition coefficient (Wildman–Crippen LogP) is 3.91. The van der Waals surface area contributed by atoms with Crippen LogP contribution in [0.25, 0.3) is 11.0 Å². The number of amides is 2. The third-order valence-corrected chi connectivity index (χ3v) is 5.79. The maximum absolute atomic E-state index is 14.7. The molecular weight excluding hydrogens is 385 g/mol. The second-order valence-electron chi connectivity index (χ2n) is 7.69. The number of benzene rings is 2. The van der Waals surface area contributed by atoms with E-state index in [1.165, 1.54) is 6.07 Å². The number of urea groups is 1. The van der Waals surface area contributed by atoms with Gasteiger partial charge in [-0.25, -0.2) is 14.2 Å². The average molecular weight is 409 g/mol. The Morgan fingerprint density at radius 1 is 1.17 bits per heavy atom. The third-order valence-electron chi connectivity index (χ3n) is 5.79. The van der Waals surface area contributed by atoms with Crippen LogP contribution in [0.4, 0.5) is 20.6 Å². The lowest BCUT2D eigenvalue weighted by Gasteiger charge is -2.29. The number of carbonyl (C=O) groups excluding carboxylic acids is 1. The number of nitrogens with zero attached hydrogens (tertiary/aromatic N) is 3. The molecule has 2 N–H and O–H groups in total. The number of imidazole rings is 1. The minimum Gasteiger partial charge on any atom is -0.378 e. The fourth-order valence-electron chi connectivity index (χ4n) is 4.27. The van der Waals surface area contributed by atoms with Crippen molar-refractivity contribution in [2.75, 3.05) is 43.1 Å². The van der Waals surface area contributed by atoms with E-state index < -0.39 is 0 Å². The summed E-state index contributed by atoms with van der Waals surface area (Å²) in [7, 11) is 0. The molecule has 2 aliphatic rings. The Labute approximate surface area is 173 Å². The second-order valence-corrected chi connectivity index (χ2v) is 7.69. The molecule has 0 spiro atoms. The number of fused-ring (bicyclic) bond motifs is 1. The van der Waals surface area contributed by atoms with Crippen LogP contribution in [-0.2, 0) is 4.74 Å². The number of halogens is 1. The molecule has 2 aromatic carbocycles. The van der Waals surface area contributed by atoms with Crippen molar-refractivity contribution in [3.63, 3.8) is 0 Å². The number of para-hydroxylation sites is 2. The van der Waals surface area contributed by atoms with Crippen molar-refractivity contribution in [2.45, 2.75) is 18.9 Å². The van der Waals surface area contributed by atoms with Crippen molar-refractivity contribution in [1.29, 1.82) is 0 Å². The van der Waals surface area contributed by atoms with Gasteiger partial charge in [0.2, 0.25) is 0 Å². The van der Waals surface area contributed by atoms with E-state index in [0.717, 1.165) is 29.7 Å². The number of morpholine rings is 1. The summed E-state index contributed by atoms with van der Waals surface area (Å²) in [5, 5.41) is 2.85. The van der Waals surface area contributed by atoms with Crippen molar-refractivity contribution in [2.24, 2.45) is 0 Å². The molecule has 0 bridgehead atoms. The Hall–Kier alpha value is -3.13. The van der Waals surface area contributed by atoms with Crippen LogP contribution in [0, 0.1) is 5.82 Å². The number of H-pyrrole nitrogens is 1. The van der Waals surface area contributed by atoms with Gasteiger partial charge in [0, 0.05) is 25.3 Å². The van der Waals surface area contributed by atoms with Crippen LogP contribution in [0.15, 0.2) is 42.5 Å². The lowest BCUT2D eigenvalue weighted by molar-refractivity contribution is 0.122. The molecule has 156 valence electrons. The maximum Gasteiger partial charge on any atom is 0.322 e. The van der Waals surface area contributed by atoms with Gasteiger partial charge in [0.05, 0.1) is 36.0 Å². The molecule has 0 saturated carbocycles. The van der Waals surface area contributed by atoms with Crippen molar-refractivity contribution in [1.82, 2.24) is 14.9 Å². The third kappa shape index (κ3) is 3.59. The van der Waals surface area contributed by atoms with Crippen molar-refractivity contribution in [3.8, 4) is 0 Å². The van der Waals surface area contributed by atoms with Crippen LogP contribution in [0.1, 0.15) is 24.7 Å². The Morgan fingerprint density at radius 3 is 2.80 bits per heavy atom. The Morgan fingerprint density at radius 2 is 2.00 bits per heavy atom. The summed E-state index contributed by atoms with van der Waals surface area (Å²) in [6.45, 7) is 3.15. The molecule has 5 rings (SSSR count). The average Bonchev–Trinajstić information content (AvgIpc) is 3.41. The molecule has 30 heavy (non-hydrogen) atoms. The molecular formula is C22H24FN5O2. The minimum atomic E-state index is -0.343. The zero-order chi connectivity index (χ0) is 20.5. The van der Waals surface area contributed by atoms with Gasteiger partial charge in [-0.2, -0.15) is 0 Å². The number of rotatable bonds is 3. The number of hydrogen-bond donors (Lipinski definition) is 2. The summed E-state index contributed by atoms with van der Waals surface area (Å²) >= 11 is 0.